The highest BCUT2D eigenvalue weighted by Gasteiger charge is 2.35. The van der Waals surface area contributed by atoms with Crippen LogP contribution in [0.2, 0.25) is 0 Å². The first-order valence-electron chi connectivity index (χ1n) is 6.80. The van der Waals surface area contributed by atoms with Crippen molar-refractivity contribution < 1.29 is 19.3 Å². The summed E-state index contributed by atoms with van der Waals surface area (Å²) in [5, 5.41) is 7.39. The van der Waals surface area contributed by atoms with E-state index in [4.69, 9.17) is 0 Å². The van der Waals surface area contributed by atoms with Gasteiger partial charge >= 0.3 is 6.03 Å². The first-order chi connectivity index (χ1) is 10.1. The summed E-state index contributed by atoms with van der Waals surface area (Å²) in [4.78, 5) is 36.2. The lowest BCUT2D eigenvalue weighted by atomic mass is 10.0. The number of imide groups is 1. The molecule has 1 aliphatic heterocycles. The summed E-state index contributed by atoms with van der Waals surface area (Å²) >= 11 is 0. The van der Waals surface area contributed by atoms with E-state index in [1.807, 2.05) is 30.3 Å². The van der Waals surface area contributed by atoms with Crippen LogP contribution in [0.5, 0.6) is 0 Å². The second-order valence-corrected chi connectivity index (χ2v) is 4.85. The van der Waals surface area contributed by atoms with Gasteiger partial charge in [0.25, 0.3) is 11.8 Å². The third-order valence-corrected chi connectivity index (χ3v) is 3.42. The number of amides is 4. The normalized spacial score (nSPS) is 19.3. The number of nitrogens with one attached hydrogen (secondary N) is 4. The van der Waals surface area contributed by atoms with Crippen molar-refractivity contribution >= 4 is 17.8 Å². The van der Waals surface area contributed by atoms with Gasteiger partial charge in [-0.15, -0.1) is 0 Å². The number of benzene rings is 1. The van der Waals surface area contributed by atoms with E-state index >= 15 is 0 Å². The molecule has 0 spiro atoms. The summed E-state index contributed by atoms with van der Waals surface area (Å²) < 4.78 is 0. The van der Waals surface area contributed by atoms with Crippen molar-refractivity contribution in [2.24, 2.45) is 0 Å². The van der Waals surface area contributed by atoms with Crippen LogP contribution in [0.25, 0.3) is 0 Å². The maximum absolute atomic E-state index is 12.4. The van der Waals surface area contributed by atoms with Crippen molar-refractivity contribution in [1.82, 2.24) is 16.0 Å². The number of rotatable bonds is 3. The molecular formula is C14H19N4O3+. The van der Waals surface area contributed by atoms with Gasteiger partial charge in [0.05, 0.1) is 13.1 Å². The average molecular weight is 291 g/mol. The minimum Gasteiger partial charge on any atom is -0.346 e. The van der Waals surface area contributed by atoms with E-state index in [1.54, 1.807) is 0 Å². The molecule has 112 valence electrons. The third kappa shape index (κ3) is 3.79. The maximum Gasteiger partial charge on any atom is 0.321 e. The number of carbonyl (C=O) groups excluding carboxylic acids is 3. The molecule has 2 rings (SSSR count). The van der Waals surface area contributed by atoms with E-state index in [-0.39, 0.29) is 12.5 Å². The van der Waals surface area contributed by atoms with E-state index in [0.29, 0.717) is 13.1 Å². The summed E-state index contributed by atoms with van der Waals surface area (Å²) in [6.45, 7) is 1.36. The fraction of sp³-hybridized carbons (Fsp3) is 0.357. The van der Waals surface area contributed by atoms with E-state index in [1.165, 1.54) is 7.05 Å². The third-order valence-electron chi connectivity index (χ3n) is 3.42. The lowest BCUT2D eigenvalue weighted by molar-refractivity contribution is -0.915. The molecule has 4 amide bonds. The van der Waals surface area contributed by atoms with Crippen LogP contribution in [-0.4, -0.2) is 44.5 Å². The zero-order chi connectivity index (χ0) is 15.2. The first-order valence-corrected chi connectivity index (χ1v) is 6.80. The van der Waals surface area contributed by atoms with E-state index in [0.717, 1.165) is 10.5 Å². The molecule has 21 heavy (non-hydrogen) atoms. The van der Waals surface area contributed by atoms with Crippen molar-refractivity contribution in [2.75, 3.05) is 26.7 Å². The quantitative estimate of drug-likeness (QED) is 0.529. The van der Waals surface area contributed by atoms with Crippen LogP contribution in [0, 0.1) is 0 Å². The molecule has 0 aromatic heterocycles. The van der Waals surface area contributed by atoms with Crippen LogP contribution in [0.3, 0.4) is 0 Å². The largest absolute Gasteiger partial charge is 0.346 e. The molecule has 0 aliphatic carbocycles. The van der Waals surface area contributed by atoms with Crippen molar-refractivity contribution in [1.29, 1.82) is 0 Å². The Morgan fingerprint density at radius 1 is 1.29 bits per heavy atom. The predicted molar refractivity (Wildman–Crippen MR) is 75.5 cm³/mol. The molecule has 1 heterocycles. The van der Waals surface area contributed by atoms with E-state index < -0.39 is 18.0 Å². The standard InChI is InChI=1S/C14H18N4O3/c1-15-14(21)17-13(20)12(10-5-3-2-4-6-10)18-8-7-16-11(19)9-18/h2-6,12H,7-9H2,1H3,(H,16,19)(H2,15,17,20,21)/p+1/t12-/m1/s1. The molecule has 1 aromatic carbocycles. The van der Waals surface area contributed by atoms with Crippen LogP contribution in [-0.2, 0) is 9.59 Å². The molecule has 7 nitrogen and oxygen atoms in total. The summed E-state index contributed by atoms with van der Waals surface area (Å²) in [5.74, 6) is -0.504. The fourth-order valence-electron chi connectivity index (χ4n) is 2.43. The molecule has 1 fully saturated rings. The summed E-state index contributed by atoms with van der Waals surface area (Å²) in [7, 11) is 1.45. The molecule has 7 heteroatoms. The van der Waals surface area contributed by atoms with Gasteiger partial charge in [-0.1, -0.05) is 30.3 Å². The number of piperazine rings is 1. The molecule has 0 radical (unpaired) electrons. The van der Waals surface area contributed by atoms with Crippen LogP contribution in [0.15, 0.2) is 30.3 Å². The summed E-state index contributed by atoms with van der Waals surface area (Å²) in [5.41, 5.74) is 0.781. The smallest absolute Gasteiger partial charge is 0.321 e. The van der Waals surface area contributed by atoms with Crippen LogP contribution < -0.4 is 20.9 Å². The molecule has 4 N–H and O–H groups in total. The number of carbonyl (C=O) groups is 3. The number of hydrogen-bond donors (Lipinski definition) is 4. The Morgan fingerprint density at radius 2 is 2.00 bits per heavy atom. The Hall–Kier alpha value is -2.41. The zero-order valence-electron chi connectivity index (χ0n) is 11.8. The van der Waals surface area contributed by atoms with Gasteiger partial charge in [0.15, 0.2) is 12.6 Å². The SMILES string of the molecule is CNC(=O)NC(=O)[C@@H](c1ccccc1)[NH+]1CCNC(=O)C1. The highest BCUT2D eigenvalue weighted by Crippen LogP contribution is 2.09. The highest BCUT2D eigenvalue weighted by molar-refractivity contribution is 5.96. The maximum atomic E-state index is 12.4. The summed E-state index contributed by atoms with van der Waals surface area (Å²) in [6.07, 6.45) is 0. The molecule has 1 aliphatic rings. The molecule has 1 aromatic rings. The second kappa shape index (κ2) is 6.85. The lowest BCUT2D eigenvalue weighted by Gasteiger charge is -2.30. The minimum atomic E-state index is -0.588. The fourth-order valence-corrected chi connectivity index (χ4v) is 2.43. The van der Waals surface area contributed by atoms with Gasteiger partial charge in [-0.2, -0.15) is 0 Å². The Bertz CT molecular complexity index is 532. The van der Waals surface area contributed by atoms with Gasteiger partial charge < -0.3 is 15.5 Å². The predicted octanol–water partition coefficient (Wildman–Crippen LogP) is -1.80. The number of quaternary nitrogens is 1. The van der Waals surface area contributed by atoms with Crippen molar-refractivity contribution in [2.45, 2.75) is 6.04 Å². The molecule has 0 saturated carbocycles. The Labute approximate surface area is 122 Å². The molecular weight excluding hydrogens is 272 g/mol. The van der Waals surface area contributed by atoms with E-state index in [9.17, 15) is 14.4 Å². The van der Waals surface area contributed by atoms with Gasteiger partial charge in [-0.25, -0.2) is 4.79 Å². The van der Waals surface area contributed by atoms with Gasteiger partial charge in [0.1, 0.15) is 0 Å². The van der Waals surface area contributed by atoms with Gasteiger partial charge in [0.2, 0.25) is 0 Å². The van der Waals surface area contributed by atoms with Gasteiger partial charge in [-0.3, -0.25) is 14.9 Å². The Balaban J connectivity index is 2.24. The molecule has 2 atom stereocenters. The van der Waals surface area contributed by atoms with Gasteiger partial charge in [0, 0.05) is 12.6 Å². The topological polar surface area (TPSA) is 91.7 Å². The van der Waals surface area contributed by atoms with Crippen LogP contribution >= 0.6 is 0 Å². The van der Waals surface area contributed by atoms with Crippen LogP contribution in [0.4, 0.5) is 4.79 Å². The lowest BCUT2D eigenvalue weighted by Crippen LogP contribution is -3.16. The van der Waals surface area contributed by atoms with Crippen molar-refractivity contribution in [3.63, 3.8) is 0 Å². The average Bonchev–Trinajstić information content (AvgIpc) is 2.48. The zero-order valence-corrected chi connectivity index (χ0v) is 11.8. The Morgan fingerprint density at radius 3 is 2.62 bits per heavy atom. The first kappa shape index (κ1) is 15.0. The van der Waals surface area contributed by atoms with E-state index in [2.05, 4.69) is 16.0 Å². The molecule has 0 bridgehead atoms. The Kier molecular flexibility index (Phi) is 4.89. The highest BCUT2D eigenvalue weighted by atomic mass is 16.2. The molecule has 1 unspecified atom stereocenters. The summed E-state index contributed by atoms with van der Waals surface area (Å²) in [6, 6.07) is 8.03. The minimum absolute atomic E-state index is 0.0927. The molecule has 1 saturated heterocycles. The van der Waals surface area contributed by atoms with Crippen LogP contribution in [0.1, 0.15) is 11.6 Å². The monoisotopic (exact) mass is 291 g/mol. The van der Waals surface area contributed by atoms with Gasteiger partial charge in [-0.05, 0) is 0 Å². The van der Waals surface area contributed by atoms with Crippen molar-refractivity contribution in [3.8, 4) is 0 Å². The number of hydrogen-bond acceptors (Lipinski definition) is 3. The van der Waals surface area contributed by atoms with Crippen molar-refractivity contribution in [3.05, 3.63) is 35.9 Å². The number of urea groups is 1. The second-order valence-electron chi connectivity index (χ2n) is 4.85.